The summed E-state index contributed by atoms with van der Waals surface area (Å²) in [5, 5.41) is 4.50. The van der Waals surface area contributed by atoms with Crippen LogP contribution in [0.2, 0.25) is 0 Å². The molecule has 0 aromatic carbocycles. The van der Waals surface area contributed by atoms with Crippen molar-refractivity contribution in [3.05, 3.63) is 18.1 Å². The number of rotatable bonds is 1. The second-order valence-corrected chi connectivity index (χ2v) is 2.13. The van der Waals surface area contributed by atoms with Gasteiger partial charge in [0, 0.05) is 12.3 Å². The van der Waals surface area contributed by atoms with Crippen LogP contribution >= 0.6 is 11.8 Å². The Morgan fingerprint density at radius 3 is 2.88 bits per heavy atom. The molecule has 0 N–H and O–H groups in total. The standard InChI is InChI=1S/C5H6NOS/c1-4-3-5(8-2)6-7-4/h3H,2H2,1H3. The zero-order valence-electron chi connectivity index (χ0n) is 4.55. The third-order valence-electron chi connectivity index (χ3n) is 0.754. The summed E-state index contributed by atoms with van der Waals surface area (Å²) in [5.74, 6) is 0.830. The molecule has 0 aliphatic rings. The molecule has 0 unspecified atom stereocenters. The molecule has 2 nitrogen and oxygen atoms in total. The highest BCUT2D eigenvalue weighted by molar-refractivity contribution is 8.00. The average Bonchev–Trinajstić information content (AvgIpc) is 2.14. The first-order valence-electron chi connectivity index (χ1n) is 2.18. The van der Waals surface area contributed by atoms with Crippen molar-refractivity contribution in [2.24, 2.45) is 0 Å². The van der Waals surface area contributed by atoms with Gasteiger partial charge in [0.15, 0.2) is 0 Å². The summed E-state index contributed by atoms with van der Waals surface area (Å²) in [6.45, 7) is 1.85. The fourth-order valence-corrected chi connectivity index (χ4v) is 0.751. The first kappa shape index (κ1) is 5.69. The van der Waals surface area contributed by atoms with Crippen LogP contribution in [0.1, 0.15) is 5.76 Å². The molecule has 1 aromatic heterocycles. The predicted octanol–water partition coefficient (Wildman–Crippen LogP) is 1.87. The maximum Gasteiger partial charge on any atom is 0.140 e. The number of hydrogen-bond donors (Lipinski definition) is 0. The fraction of sp³-hybridized carbons (Fsp3) is 0.200. The minimum atomic E-state index is 0.830. The van der Waals surface area contributed by atoms with Crippen molar-refractivity contribution in [3.63, 3.8) is 0 Å². The summed E-state index contributed by atoms with van der Waals surface area (Å²) >= 11 is 1.33. The lowest BCUT2D eigenvalue weighted by Crippen LogP contribution is -1.58. The third-order valence-corrected chi connectivity index (χ3v) is 1.24. The van der Waals surface area contributed by atoms with Crippen LogP contribution in [-0.4, -0.2) is 5.16 Å². The molecule has 0 bridgehead atoms. The molecule has 0 saturated carbocycles. The molecule has 0 atom stereocenters. The Morgan fingerprint density at radius 1 is 1.88 bits per heavy atom. The van der Waals surface area contributed by atoms with E-state index in [0.29, 0.717) is 0 Å². The Hall–Kier alpha value is -0.440. The molecular weight excluding hydrogens is 122 g/mol. The first-order chi connectivity index (χ1) is 3.83. The van der Waals surface area contributed by atoms with Gasteiger partial charge in [0.2, 0.25) is 0 Å². The van der Waals surface area contributed by atoms with E-state index in [1.165, 1.54) is 11.8 Å². The van der Waals surface area contributed by atoms with Crippen LogP contribution in [0.3, 0.4) is 0 Å². The Morgan fingerprint density at radius 2 is 2.62 bits per heavy atom. The van der Waals surface area contributed by atoms with Crippen molar-refractivity contribution < 1.29 is 4.52 Å². The van der Waals surface area contributed by atoms with Gasteiger partial charge in [-0.1, -0.05) is 5.16 Å². The smallest absolute Gasteiger partial charge is 0.140 e. The Labute approximate surface area is 52.2 Å². The van der Waals surface area contributed by atoms with Gasteiger partial charge in [-0.25, -0.2) is 0 Å². The number of hydrogen-bond acceptors (Lipinski definition) is 3. The van der Waals surface area contributed by atoms with Crippen LogP contribution in [0.5, 0.6) is 0 Å². The van der Waals surface area contributed by atoms with Crippen molar-refractivity contribution in [1.82, 2.24) is 5.16 Å². The van der Waals surface area contributed by atoms with Crippen molar-refractivity contribution in [2.75, 3.05) is 0 Å². The minimum Gasteiger partial charge on any atom is -0.361 e. The highest BCUT2D eigenvalue weighted by Crippen LogP contribution is 2.13. The highest BCUT2D eigenvalue weighted by Gasteiger charge is 1.94. The van der Waals surface area contributed by atoms with E-state index in [-0.39, 0.29) is 0 Å². The number of nitrogens with zero attached hydrogens (tertiary/aromatic N) is 1. The summed E-state index contributed by atoms with van der Waals surface area (Å²) in [4.78, 5) is 0. The van der Waals surface area contributed by atoms with Gasteiger partial charge < -0.3 is 4.52 Å². The quantitative estimate of drug-likeness (QED) is 0.540. The summed E-state index contributed by atoms with van der Waals surface area (Å²) in [5.41, 5.74) is 0. The van der Waals surface area contributed by atoms with Gasteiger partial charge in [0.1, 0.15) is 10.8 Å². The predicted molar refractivity (Wildman–Crippen MR) is 32.5 cm³/mol. The summed E-state index contributed by atoms with van der Waals surface area (Å²) in [6.07, 6.45) is 3.56. The lowest BCUT2D eigenvalue weighted by Gasteiger charge is -1.74. The summed E-state index contributed by atoms with van der Waals surface area (Å²) < 4.78 is 4.74. The first-order valence-corrected chi connectivity index (χ1v) is 3.17. The largest absolute Gasteiger partial charge is 0.361 e. The molecule has 1 aromatic rings. The molecular formula is C5H6NOS. The zero-order valence-corrected chi connectivity index (χ0v) is 5.36. The maximum atomic E-state index is 4.74. The van der Waals surface area contributed by atoms with Gasteiger partial charge in [-0.05, 0) is 6.92 Å². The lowest BCUT2D eigenvalue weighted by molar-refractivity contribution is 0.384. The van der Waals surface area contributed by atoms with E-state index in [9.17, 15) is 0 Å². The van der Waals surface area contributed by atoms with Gasteiger partial charge >= 0.3 is 0 Å². The molecule has 1 heterocycles. The van der Waals surface area contributed by atoms with Crippen molar-refractivity contribution in [1.29, 1.82) is 0 Å². The molecule has 0 saturated heterocycles. The molecule has 3 heteroatoms. The maximum absolute atomic E-state index is 4.74. The fourth-order valence-electron chi connectivity index (χ4n) is 0.412. The zero-order chi connectivity index (χ0) is 5.98. The Balaban J connectivity index is 2.84. The topological polar surface area (TPSA) is 26.0 Å². The molecule has 0 aliphatic heterocycles. The summed E-state index contributed by atoms with van der Waals surface area (Å²) in [7, 11) is 0. The van der Waals surface area contributed by atoms with Gasteiger partial charge in [-0.15, -0.1) is 11.8 Å². The van der Waals surface area contributed by atoms with Crippen molar-refractivity contribution >= 4 is 11.8 Å². The second kappa shape index (κ2) is 2.22. The van der Waals surface area contributed by atoms with Crippen LogP contribution in [0.15, 0.2) is 15.6 Å². The van der Waals surface area contributed by atoms with Crippen LogP contribution in [0.25, 0.3) is 0 Å². The van der Waals surface area contributed by atoms with Gasteiger partial charge in [-0.2, -0.15) is 0 Å². The number of aryl methyl sites for hydroxylation is 1. The van der Waals surface area contributed by atoms with E-state index in [2.05, 4.69) is 11.4 Å². The van der Waals surface area contributed by atoms with Gasteiger partial charge in [-0.3, -0.25) is 0 Å². The molecule has 0 aliphatic carbocycles. The van der Waals surface area contributed by atoms with Crippen molar-refractivity contribution in [3.8, 4) is 0 Å². The molecule has 1 rings (SSSR count). The average molecular weight is 128 g/mol. The second-order valence-electron chi connectivity index (χ2n) is 1.42. The van der Waals surface area contributed by atoms with E-state index < -0.39 is 0 Å². The normalized spacial score (nSPS) is 9.75. The monoisotopic (exact) mass is 128 g/mol. The molecule has 1 radical (unpaired) electrons. The third kappa shape index (κ3) is 1.04. The number of thioether (sulfide) groups is 1. The highest BCUT2D eigenvalue weighted by atomic mass is 32.2. The summed E-state index contributed by atoms with van der Waals surface area (Å²) in [6, 6.07) is 1.84. The van der Waals surface area contributed by atoms with E-state index in [1.54, 1.807) is 0 Å². The van der Waals surface area contributed by atoms with Crippen LogP contribution in [-0.2, 0) is 0 Å². The van der Waals surface area contributed by atoms with Gasteiger partial charge in [0.25, 0.3) is 0 Å². The van der Waals surface area contributed by atoms with Crippen molar-refractivity contribution in [2.45, 2.75) is 11.9 Å². The number of aromatic nitrogens is 1. The van der Waals surface area contributed by atoms with Crippen LogP contribution in [0.4, 0.5) is 0 Å². The lowest BCUT2D eigenvalue weighted by atomic mass is 10.5. The molecule has 0 amide bonds. The molecule has 0 fully saturated rings. The van der Waals surface area contributed by atoms with E-state index in [4.69, 9.17) is 4.52 Å². The SMILES string of the molecule is [CH2]Sc1cc(C)on1. The Bertz CT molecular complexity index is 173. The van der Waals surface area contributed by atoms with Gasteiger partial charge in [0.05, 0.1) is 0 Å². The molecule has 43 valence electrons. The molecule has 0 spiro atoms. The van der Waals surface area contributed by atoms with Crippen LogP contribution < -0.4 is 0 Å². The minimum absolute atomic E-state index is 0.830. The van der Waals surface area contributed by atoms with E-state index >= 15 is 0 Å². The van der Waals surface area contributed by atoms with Crippen LogP contribution in [0, 0.1) is 13.2 Å². The van der Waals surface area contributed by atoms with E-state index in [0.717, 1.165) is 10.8 Å². The molecule has 8 heavy (non-hydrogen) atoms. The Kier molecular flexibility index (Phi) is 1.58. The van der Waals surface area contributed by atoms with E-state index in [1.807, 2.05) is 13.0 Å².